The Morgan fingerprint density at radius 2 is 1.82 bits per heavy atom. The van der Waals surface area contributed by atoms with Crippen LogP contribution in [0.4, 0.5) is 0 Å². The van der Waals surface area contributed by atoms with E-state index in [0.29, 0.717) is 27.4 Å². The minimum atomic E-state index is -0.460. The van der Waals surface area contributed by atoms with Crippen LogP contribution in [-0.4, -0.2) is 56.5 Å². The highest BCUT2D eigenvalue weighted by Crippen LogP contribution is 2.45. The van der Waals surface area contributed by atoms with Crippen molar-refractivity contribution in [1.29, 1.82) is 0 Å². The molecule has 0 aromatic heterocycles. The summed E-state index contributed by atoms with van der Waals surface area (Å²) in [5.41, 5.74) is 4.37. The second-order valence-electron chi connectivity index (χ2n) is 6.73. The Kier molecular flexibility index (Phi) is 9.77. The van der Waals surface area contributed by atoms with Gasteiger partial charge in [0.25, 0.3) is 5.91 Å². The van der Waals surface area contributed by atoms with E-state index in [1.807, 2.05) is 47.8 Å². The number of hydrogen-bond acceptors (Lipinski definition) is 9. The van der Waals surface area contributed by atoms with Crippen molar-refractivity contribution in [3.63, 3.8) is 0 Å². The molecular weight excluding hydrogens is 464 g/mol. The average molecular weight is 491 g/mol. The maximum atomic E-state index is 12.0. The molecular formula is C23H26N2O6S2. The molecule has 8 nitrogen and oxygen atoms in total. The maximum absolute atomic E-state index is 12.0. The van der Waals surface area contributed by atoms with Crippen LogP contribution in [0, 0.1) is 0 Å². The molecule has 1 fully saturated rings. The fraction of sp³-hybridized carbons (Fsp3) is 0.348. The molecule has 1 aliphatic heterocycles. The van der Waals surface area contributed by atoms with E-state index >= 15 is 0 Å². The van der Waals surface area contributed by atoms with Gasteiger partial charge in [0, 0.05) is 11.5 Å². The minimum absolute atomic E-state index is 0.145. The second kappa shape index (κ2) is 13.0. The van der Waals surface area contributed by atoms with Gasteiger partial charge in [-0.15, -0.1) is 23.5 Å². The number of hydrogen-bond donors (Lipinski definition) is 1. The van der Waals surface area contributed by atoms with Crippen molar-refractivity contribution < 1.29 is 28.5 Å². The summed E-state index contributed by atoms with van der Waals surface area (Å²) in [6, 6.07) is 12.9. The van der Waals surface area contributed by atoms with Crippen molar-refractivity contribution in [2.75, 3.05) is 38.4 Å². The summed E-state index contributed by atoms with van der Waals surface area (Å²) in [6.45, 7) is 1.66. The van der Waals surface area contributed by atoms with Crippen molar-refractivity contribution >= 4 is 41.6 Å². The molecule has 176 valence electrons. The molecule has 0 bridgehead atoms. The standard InChI is InChI=1S/C23H26N2O6S2/c1-3-29-22(27)15-31-19-9-4-16(12-20(19)28-2)13-24-25-21(26)14-30-18-7-5-17(6-8-18)23-32-10-11-33-23/h4-9,12-13,23H,3,10-11,14-15H2,1-2H3,(H,25,26)/b24-13-. The van der Waals surface area contributed by atoms with Crippen LogP contribution in [0.1, 0.15) is 22.6 Å². The van der Waals surface area contributed by atoms with Crippen LogP contribution < -0.4 is 19.6 Å². The van der Waals surface area contributed by atoms with Crippen molar-refractivity contribution in [3.05, 3.63) is 53.6 Å². The number of benzene rings is 2. The predicted molar refractivity (Wildman–Crippen MR) is 130 cm³/mol. The van der Waals surface area contributed by atoms with Crippen molar-refractivity contribution in [2.24, 2.45) is 5.10 Å². The third kappa shape index (κ3) is 7.90. The van der Waals surface area contributed by atoms with Crippen LogP contribution in [0.25, 0.3) is 0 Å². The topological polar surface area (TPSA) is 95.5 Å². The quantitative estimate of drug-likeness (QED) is 0.290. The number of esters is 1. The number of nitrogens with zero attached hydrogens (tertiary/aromatic N) is 1. The first kappa shape index (κ1) is 24.8. The third-order valence-electron chi connectivity index (χ3n) is 4.39. The van der Waals surface area contributed by atoms with Gasteiger partial charge >= 0.3 is 5.97 Å². The Bertz CT molecular complexity index is 962. The van der Waals surface area contributed by atoms with Crippen molar-refractivity contribution in [1.82, 2.24) is 5.43 Å². The first-order valence-electron chi connectivity index (χ1n) is 10.3. The lowest BCUT2D eigenvalue weighted by Gasteiger charge is -2.11. The van der Waals surface area contributed by atoms with E-state index in [4.69, 9.17) is 18.9 Å². The molecule has 1 aliphatic rings. The Morgan fingerprint density at radius 3 is 2.52 bits per heavy atom. The van der Waals surface area contributed by atoms with Gasteiger partial charge < -0.3 is 18.9 Å². The number of nitrogens with one attached hydrogen (secondary N) is 1. The van der Waals surface area contributed by atoms with E-state index in [1.165, 1.54) is 30.4 Å². The van der Waals surface area contributed by atoms with E-state index in [2.05, 4.69) is 10.5 Å². The monoisotopic (exact) mass is 490 g/mol. The van der Waals surface area contributed by atoms with E-state index in [-0.39, 0.29) is 25.7 Å². The van der Waals surface area contributed by atoms with Crippen LogP contribution in [0.5, 0.6) is 17.2 Å². The second-order valence-corrected chi connectivity index (χ2v) is 9.45. The largest absolute Gasteiger partial charge is 0.493 e. The van der Waals surface area contributed by atoms with Gasteiger partial charge in [-0.3, -0.25) is 4.79 Å². The molecule has 2 aromatic carbocycles. The van der Waals surface area contributed by atoms with E-state index in [9.17, 15) is 9.59 Å². The van der Waals surface area contributed by atoms with Crippen molar-refractivity contribution in [3.8, 4) is 17.2 Å². The summed E-state index contributed by atoms with van der Waals surface area (Å²) in [4.78, 5) is 23.5. The lowest BCUT2D eigenvalue weighted by molar-refractivity contribution is -0.145. The number of thioether (sulfide) groups is 2. The normalized spacial score (nSPS) is 13.6. The molecule has 0 atom stereocenters. The number of ether oxygens (including phenoxy) is 4. The highest BCUT2D eigenvalue weighted by Gasteiger charge is 2.18. The summed E-state index contributed by atoms with van der Waals surface area (Å²) in [7, 11) is 1.49. The van der Waals surface area contributed by atoms with E-state index in [1.54, 1.807) is 25.1 Å². The molecule has 0 unspecified atom stereocenters. The summed E-state index contributed by atoms with van der Waals surface area (Å²) in [5.74, 6) is 2.97. The SMILES string of the molecule is CCOC(=O)COc1ccc(/C=N\NC(=O)COc2ccc(C3SCCS3)cc2)cc1OC. The molecule has 2 aromatic rings. The number of methoxy groups -OCH3 is 1. The highest BCUT2D eigenvalue weighted by atomic mass is 32.2. The molecule has 1 amide bonds. The predicted octanol–water partition coefficient (Wildman–Crippen LogP) is 3.64. The summed E-state index contributed by atoms with van der Waals surface area (Å²) < 4.78 is 21.5. The lowest BCUT2D eigenvalue weighted by Crippen LogP contribution is -2.24. The molecule has 1 saturated heterocycles. The van der Waals surface area contributed by atoms with Gasteiger partial charge in [0.2, 0.25) is 0 Å². The van der Waals surface area contributed by atoms with Crippen LogP contribution in [-0.2, 0) is 14.3 Å². The average Bonchev–Trinajstić information content (AvgIpc) is 3.37. The molecule has 0 saturated carbocycles. The maximum Gasteiger partial charge on any atom is 0.344 e. The zero-order valence-electron chi connectivity index (χ0n) is 18.4. The number of hydrazone groups is 1. The smallest absolute Gasteiger partial charge is 0.344 e. The van der Waals surface area contributed by atoms with Gasteiger partial charge in [-0.1, -0.05) is 12.1 Å². The number of carbonyl (C=O) groups is 2. The Hall–Kier alpha value is -2.85. The van der Waals surface area contributed by atoms with Crippen LogP contribution in [0.3, 0.4) is 0 Å². The third-order valence-corrected chi connectivity index (χ3v) is 7.49. The molecule has 0 radical (unpaired) electrons. The van der Waals surface area contributed by atoms with Crippen molar-refractivity contribution in [2.45, 2.75) is 11.5 Å². The molecule has 0 spiro atoms. The van der Waals surface area contributed by atoms with Gasteiger partial charge in [-0.05, 0) is 48.4 Å². The van der Waals surface area contributed by atoms with Gasteiger partial charge in [-0.2, -0.15) is 5.10 Å². The zero-order valence-corrected chi connectivity index (χ0v) is 20.1. The summed E-state index contributed by atoms with van der Waals surface area (Å²) in [5, 5.41) is 3.94. The molecule has 33 heavy (non-hydrogen) atoms. The first-order chi connectivity index (χ1) is 16.1. The highest BCUT2D eigenvalue weighted by molar-refractivity contribution is 8.19. The number of rotatable bonds is 11. The van der Waals surface area contributed by atoms with Crippen LogP contribution >= 0.6 is 23.5 Å². The zero-order chi connectivity index (χ0) is 23.5. The minimum Gasteiger partial charge on any atom is -0.493 e. The van der Waals surface area contributed by atoms with Crippen LogP contribution in [0.2, 0.25) is 0 Å². The van der Waals surface area contributed by atoms with Crippen LogP contribution in [0.15, 0.2) is 47.6 Å². The molecule has 0 aliphatic carbocycles. The fourth-order valence-corrected chi connectivity index (χ4v) is 5.71. The van der Waals surface area contributed by atoms with Gasteiger partial charge in [-0.25, -0.2) is 10.2 Å². The first-order valence-corrected chi connectivity index (χ1v) is 12.4. The molecule has 10 heteroatoms. The van der Waals surface area contributed by atoms with Gasteiger partial charge in [0.15, 0.2) is 24.7 Å². The summed E-state index contributed by atoms with van der Waals surface area (Å²) >= 11 is 3.89. The van der Waals surface area contributed by atoms with Gasteiger partial charge in [0.05, 0.1) is 24.5 Å². The Morgan fingerprint density at radius 1 is 1.06 bits per heavy atom. The summed E-state index contributed by atoms with van der Waals surface area (Å²) in [6.07, 6.45) is 1.47. The fourth-order valence-electron chi connectivity index (χ4n) is 2.86. The van der Waals surface area contributed by atoms with Gasteiger partial charge in [0.1, 0.15) is 5.75 Å². The lowest BCUT2D eigenvalue weighted by atomic mass is 10.2. The number of amides is 1. The number of carbonyl (C=O) groups excluding carboxylic acids is 2. The Balaban J connectivity index is 1.44. The molecule has 1 heterocycles. The molecule has 1 N–H and O–H groups in total. The Labute approximate surface area is 201 Å². The molecule has 3 rings (SSSR count). The van der Waals surface area contributed by atoms with E-state index in [0.717, 1.165) is 0 Å². The van der Waals surface area contributed by atoms with E-state index < -0.39 is 5.97 Å².